The van der Waals surface area contributed by atoms with E-state index in [0.717, 1.165) is 24.3 Å². The zero-order chi connectivity index (χ0) is 22.4. The predicted molar refractivity (Wildman–Crippen MR) is 99.9 cm³/mol. The van der Waals surface area contributed by atoms with E-state index in [2.05, 4.69) is 0 Å². The molecule has 166 valence electrons. The molecule has 1 fully saturated rings. The van der Waals surface area contributed by atoms with Gasteiger partial charge in [0.2, 0.25) is 5.78 Å². The molecular weight excluding hydrogens is 416 g/mol. The summed E-state index contributed by atoms with van der Waals surface area (Å²) in [6, 6.07) is 5.71. The van der Waals surface area contributed by atoms with Crippen LogP contribution in [0.4, 0.5) is 0 Å². The summed E-state index contributed by atoms with van der Waals surface area (Å²) in [5.74, 6) is -2.78. The Bertz CT molecular complexity index is 1010. The molecule has 2 aliphatic heterocycles. The van der Waals surface area contributed by atoms with E-state index in [0.29, 0.717) is 0 Å². The highest BCUT2D eigenvalue weighted by Crippen LogP contribution is 2.44. The minimum atomic E-state index is -1.69. The molecule has 0 amide bonds. The van der Waals surface area contributed by atoms with Gasteiger partial charge >= 0.3 is 0 Å². The molecule has 2 heterocycles. The molecule has 31 heavy (non-hydrogen) atoms. The third kappa shape index (κ3) is 3.73. The van der Waals surface area contributed by atoms with Gasteiger partial charge in [0, 0.05) is 12.1 Å². The molecule has 0 spiro atoms. The van der Waals surface area contributed by atoms with Crippen molar-refractivity contribution >= 4 is 5.78 Å². The normalized spacial score (nSPS) is 30.5. The number of carbonyl (C=O) groups excluding carboxylic acids is 1. The Balaban J connectivity index is 1.74. The standard InChI is InChI=1S/C20H20O11/c21-8-4-11(24)14-13(5-8)30-18(7-1-2-9(22)10(23)3-7)19(16(14)27)31-20-17(28)15(26)12(25)6-29-20/h1-5,12,15,17-26,28H,6H2/t12-,15+,17-,18-,19+,20?/m1/s1. The van der Waals surface area contributed by atoms with Crippen molar-refractivity contribution in [3.05, 3.63) is 41.5 Å². The predicted octanol–water partition coefficient (Wildman–Crippen LogP) is -0.350. The average molecular weight is 436 g/mol. The van der Waals surface area contributed by atoms with E-state index in [1.165, 1.54) is 6.07 Å². The van der Waals surface area contributed by atoms with Gasteiger partial charge in [0.15, 0.2) is 30.0 Å². The fourth-order valence-corrected chi connectivity index (χ4v) is 3.54. The highest BCUT2D eigenvalue weighted by Gasteiger charge is 2.46. The van der Waals surface area contributed by atoms with E-state index in [1.54, 1.807) is 0 Å². The number of rotatable bonds is 3. The van der Waals surface area contributed by atoms with Crippen LogP contribution in [0.15, 0.2) is 30.3 Å². The van der Waals surface area contributed by atoms with E-state index in [4.69, 9.17) is 14.2 Å². The van der Waals surface area contributed by atoms with Gasteiger partial charge in [0.1, 0.15) is 41.1 Å². The number of hydrogen-bond acceptors (Lipinski definition) is 11. The highest BCUT2D eigenvalue weighted by molar-refractivity contribution is 6.05. The van der Waals surface area contributed by atoms with Crippen LogP contribution in [0, 0.1) is 0 Å². The SMILES string of the molecule is O=C1c2c(O)cc(O)cc2O[C@H](c2ccc(O)c(O)c2)[C@H]1OC1OC[C@@H](O)[C@H](O)[C@H]1O. The van der Waals surface area contributed by atoms with Crippen LogP contribution in [0.1, 0.15) is 22.0 Å². The molecule has 2 aromatic carbocycles. The maximum atomic E-state index is 13.2. The number of ether oxygens (including phenoxy) is 3. The van der Waals surface area contributed by atoms with E-state index in [1.807, 2.05) is 0 Å². The van der Waals surface area contributed by atoms with Gasteiger partial charge in [-0.1, -0.05) is 6.07 Å². The Morgan fingerprint density at radius 3 is 2.35 bits per heavy atom. The largest absolute Gasteiger partial charge is 0.508 e. The summed E-state index contributed by atoms with van der Waals surface area (Å²) in [5.41, 5.74) is -0.0963. The molecule has 1 unspecified atom stereocenters. The van der Waals surface area contributed by atoms with Crippen molar-refractivity contribution in [3.8, 4) is 28.7 Å². The van der Waals surface area contributed by atoms with Crippen LogP contribution in [-0.4, -0.2) is 78.8 Å². The van der Waals surface area contributed by atoms with E-state index < -0.39 is 59.8 Å². The second kappa shape index (κ2) is 7.87. The smallest absolute Gasteiger partial charge is 0.203 e. The van der Waals surface area contributed by atoms with Gasteiger partial charge in [-0.3, -0.25) is 4.79 Å². The Morgan fingerprint density at radius 2 is 1.65 bits per heavy atom. The molecule has 11 nitrogen and oxygen atoms in total. The van der Waals surface area contributed by atoms with Crippen molar-refractivity contribution in [1.82, 2.24) is 0 Å². The van der Waals surface area contributed by atoms with Crippen LogP contribution in [0.5, 0.6) is 28.7 Å². The molecule has 0 saturated carbocycles. The lowest BCUT2D eigenvalue weighted by Gasteiger charge is -2.39. The summed E-state index contributed by atoms with van der Waals surface area (Å²) in [6.45, 7) is -0.370. The van der Waals surface area contributed by atoms with Crippen molar-refractivity contribution in [1.29, 1.82) is 0 Å². The minimum absolute atomic E-state index is 0.152. The number of ketones is 1. The second-order valence-corrected chi connectivity index (χ2v) is 7.30. The fourth-order valence-electron chi connectivity index (χ4n) is 3.54. The lowest BCUT2D eigenvalue weighted by Crippen LogP contribution is -2.56. The summed E-state index contributed by atoms with van der Waals surface area (Å²) in [4.78, 5) is 13.2. The van der Waals surface area contributed by atoms with Crippen molar-refractivity contribution in [3.63, 3.8) is 0 Å². The first-order valence-corrected chi connectivity index (χ1v) is 9.27. The number of Topliss-reactive ketones (excluding diaryl/α,β-unsaturated/α-hetero) is 1. The number of aliphatic hydroxyl groups is 3. The average Bonchev–Trinajstić information content (AvgIpc) is 2.71. The molecule has 0 aliphatic carbocycles. The zero-order valence-electron chi connectivity index (χ0n) is 15.8. The molecule has 11 heteroatoms. The Kier molecular flexibility index (Phi) is 5.37. The zero-order valence-corrected chi connectivity index (χ0v) is 15.8. The van der Waals surface area contributed by atoms with E-state index >= 15 is 0 Å². The Morgan fingerprint density at radius 1 is 0.903 bits per heavy atom. The first kappa shape index (κ1) is 21.2. The summed E-state index contributed by atoms with van der Waals surface area (Å²) in [7, 11) is 0. The Hall–Kier alpha value is -3.09. The molecule has 6 atom stereocenters. The summed E-state index contributed by atoms with van der Waals surface area (Å²) in [5, 5.41) is 69.0. The first-order chi connectivity index (χ1) is 14.7. The van der Waals surface area contributed by atoms with Crippen molar-refractivity contribution in [2.75, 3.05) is 6.61 Å². The molecule has 0 aromatic heterocycles. The van der Waals surface area contributed by atoms with Crippen LogP contribution in [0.25, 0.3) is 0 Å². The molecule has 0 radical (unpaired) electrons. The number of aliphatic hydroxyl groups excluding tert-OH is 3. The quantitative estimate of drug-likeness (QED) is 0.312. The van der Waals surface area contributed by atoms with Crippen LogP contribution in [0.2, 0.25) is 0 Å². The fraction of sp³-hybridized carbons (Fsp3) is 0.350. The number of carbonyl (C=O) groups is 1. The lowest BCUT2D eigenvalue weighted by molar-refractivity contribution is -0.283. The summed E-state index contributed by atoms with van der Waals surface area (Å²) in [6.07, 6.45) is -8.95. The molecule has 7 N–H and O–H groups in total. The lowest BCUT2D eigenvalue weighted by atomic mass is 9.92. The molecular formula is C20H20O11. The van der Waals surface area contributed by atoms with Crippen LogP contribution < -0.4 is 4.74 Å². The topological polar surface area (TPSA) is 186 Å². The minimum Gasteiger partial charge on any atom is -0.508 e. The van der Waals surface area contributed by atoms with E-state index in [9.17, 15) is 40.5 Å². The van der Waals surface area contributed by atoms with Gasteiger partial charge in [-0.2, -0.15) is 0 Å². The molecule has 0 bridgehead atoms. The van der Waals surface area contributed by atoms with Crippen molar-refractivity contribution < 1.29 is 54.8 Å². The molecule has 2 aliphatic rings. The number of fused-ring (bicyclic) bond motifs is 1. The number of aromatic hydroxyl groups is 4. The maximum Gasteiger partial charge on any atom is 0.203 e. The van der Waals surface area contributed by atoms with Gasteiger partial charge in [-0.15, -0.1) is 0 Å². The number of benzene rings is 2. The van der Waals surface area contributed by atoms with Gasteiger partial charge in [-0.05, 0) is 17.7 Å². The second-order valence-electron chi connectivity index (χ2n) is 7.30. The Labute approximate surface area is 174 Å². The monoisotopic (exact) mass is 436 g/mol. The van der Waals surface area contributed by atoms with Crippen LogP contribution in [0.3, 0.4) is 0 Å². The number of phenols is 4. The molecule has 1 saturated heterocycles. The van der Waals surface area contributed by atoms with Crippen molar-refractivity contribution in [2.45, 2.75) is 36.8 Å². The van der Waals surface area contributed by atoms with Crippen LogP contribution in [-0.2, 0) is 9.47 Å². The highest BCUT2D eigenvalue weighted by atomic mass is 16.7. The van der Waals surface area contributed by atoms with Gasteiger partial charge in [0.25, 0.3) is 0 Å². The van der Waals surface area contributed by atoms with Gasteiger partial charge in [-0.25, -0.2) is 0 Å². The number of phenolic OH excluding ortho intramolecular Hbond substituents is 4. The van der Waals surface area contributed by atoms with Crippen LogP contribution >= 0.6 is 0 Å². The molecule has 2 aromatic rings. The third-order valence-electron chi connectivity index (χ3n) is 5.16. The molecule has 4 rings (SSSR count). The third-order valence-corrected chi connectivity index (χ3v) is 5.16. The number of hydrogen-bond donors (Lipinski definition) is 7. The first-order valence-electron chi connectivity index (χ1n) is 9.27. The van der Waals surface area contributed by atoms with Crippen molar-refractivity contribution in [2.24, 2.45) is 0 Å². The summed E-state index contributed by atoms with van der Waals surface area (Å²) < 4.78 is 16.6. The van der Waals surface area contributed by atoms with Gasteiger partial charge < -0.3 is 50.0 Å². The van der Waals surface area contributed by atoms with Gasteiger partial charge in [0.05, 0.1) is 6.61 Å². The summed E-state index contributed by atoms with van der Waals surface area (Å²) >= 11 is 0. The van der Waals surface area contributed by atoms with E-state index in [-0.39, 0.29) is 29.2 Å². The maximum absolute atomic E-state index is 13.2.